The number of carbonyl (C=O) groups excluding carboxylic acids is 1. The number of pyridine rings is 1. The Balaban J connectivity index is 1.27. The number of benzene rings is 1. The van der Waals surface area contributed by atoms with Gasteiger partial charge in [0.25, 0.3) is 0 Å². The lowest BCUT2D eigenvalue weighted by atomic mass is 9.92. The van der Waals surface area contributed by atoms with Crippen LogP contribution in [0.1, 0.15) is 37.1 Å². The summed E-state index contributed by atoms with van der Waals surface area (Å²) in [5.74, 6) is 0.896. The molecule has 1 saturated carbocycles. The first-order chi connectivity index (χ1) is 13.2. The van der Waals surface area contributed by atoms with E-state index in [4.69, 9.17) is 4.74 Å². The number of rotatable bonds is 5. The van der Waals surface area contributed by atoms with Gasteiger partial charge in [0.05, 0.1) is 29.4 Å². The lowest BCUT2D eigenvalue weighted by Gasteiger charge is -2.29. The maximum absolute atomic E-state index is 12.4. The predicted octanol–water partition coefficient (Wildman–Crippen LogP) is 3.32. The molecule has 140 valence electrons. The zero-order chi connectivity index (χ0) is 18.6. The lowest BCUT2D eigenvalue weighted by Crippen LogP contribution is -2.40. The summed E-state index contributed by atoms with van der Waals surface area (Å²) in [5, 5.41) is 11.4. The van der Waals surface area contributed by atoms with Crippen molar-refractivity contribution < 1.29 is 9.53 Å². The molecule has 0 aliphatic heterocycles. The molecule has 1 aromatic carbocycles. The smallest absolute Gasteiger partial charge is 0.226 e. The molecule has 1 fully saturated rings. The van der Waals surface area contributed by atoms with E-state index in [1.165, 1.54) is 0 Å². The van der Waals surface area contributed by atoms with E-state index in [9.17, 15) is 4.79 Å². The molecule has 0 radical (unpaired) electrons. The summed E-state index contributed by atoms with van der Waals surface area (Å²) in [4.78, 5) is 16.7. The Morgan fingerprint density at radius 1 is 1.19 bits per heavy atom. The Morgan fingerprint density at radius 3 is 2.81 bits per heavy atom. The average Bonchev–Trinajstić information content (AvgIpc) is 3.08. The Bertz CT molecular complexity index is 929. The van der Waals surface area contributed by atoms with Gasteiger partial charge < -0.3 is 10.1 Å². The largest absolute Gasteiger partial charge is 0.489 e. The Kier molecular flexibility index (Phi) is 5.05. The van der Waals surface area contributed by atoms with Crippen molar-refractivity contribution in [3.63, 3.8) is 0 Å². The van der Waals surface area contributed by atoms with Crippen molar-refractivity contribution in [2.75, 3.05) is 0 Å². The quantitative estimate of drug-likeness (QED) is 0.728. The van der Waals surface area contributed by atoms with E-state index in [1.807, 2.05) is 43.3 Å². The molecule has 2 heterocycles. The number of aromatic amines is 1. The Morgan fingerprint density at radius 2 is 2.00 bits per heavy atom. The van der Waals surface area contributed by atoms with Gasteiger partial charge in [0.15, 0.2) is 0 Å². The van der Waals surface area contributed by atoms with Crippen LogP contribution in [-0.2, 0) is 11.2 Å². The van der Waals surface area contributed by atoms with Crippen LogP contribution in [0.15, 0.2) is 42.6 Å². The molecule has 27 heavy (non-hydrogen) atoms. The molecular formula is C21H24N4O2. The molecule has 0 saturated heterocycles. The van der Waals surface area contributed by atoms with Gasteiger partial charge in [-0.1, -0.05) is 18.2 Å². The number of nitrogens with one attached hydrogen (secondary N) is 2. The van der Waals surface area contributed by atoms with E-state index >= 15 is 0 Å². The summed E-state index contributed by atoms with van der Waals surface area (Å²) < 4.78 is 6.08. The number of nitrogens with zero attached hydrogens (tertiary/aromatic N) is 2. The van der Waals surface area contributed by atoms with Gasteiger partial charge in [-0.15, -0.1) is 0 Å². The number of aryl methyl sites for hydroxylation is 1. The second-order valence-corrected chi connectivity index (χ2v) is 7.14. The molecular weight excluding hydrogens is 340 g/mol. The summed E-state index contributed by atoms with van der Waals surface area (Å²) in [6.07, 6.45) is 6.03. The minimum Gasteiger partial charge on any atom is -0.489 e. The maximum Gasteiger partial charge on any atom is 0.226 e. The van der Waals surface area contributed by atoms with Gasteiger partial charge in [-0.25, -0.2) is 0 Å². The number of amides is 1. The molecule has 1 aliphatic carbocycles. The number of fused-ring (bicyclic) bond motifs is 1. The molecule has 0 atom stereocenters. The molecule has 2 aromatic heterocycles. The van der Waals surface area contributed by atoms with Crippen LogP contribution >= 0.6 is 0 Å². The number of hydrogen-bond acceptors (Lipinski definition) is 4. The topological polar surface area (TPSA) is 79.9 Å². The maximum atomic E-state index is 12.4. The summed E-state index contributed by atoms with van der Waals surface area (Å²) in [6, 6.07) is 11.9. The highest BCUT2D eigenvalue weighted by atomic mass is 16.5. The second kappa shape index (κ2) is 7.78. The molecule has 0 spiro atoms. The third-order valence-corrected chi connectivity index (χ3v) is 5.17. The van der Waals surface area contributed by atoms with Crippen LogP contribution < -0.4 is 10.1 Å². The van der Waals surface area contributed by atoms with Crippen molar-refractivity contribution in [2.24, 2.45) is 0 Å². The third-order valence-electron chi connectivity index (χ3n) is 5.17. The van der Waals surface area contributed by atoms with Crippen LogP contribution in [0, 0.1) is 6.92 Å². The first-order valence-electron chi connectivity index (χ1n) is 9.48. The molecule has 6 nitrogen and oxygen atoms in total. The van der Waals surface area contributed by atoms with Gasteiger partial charge >= 0.3 is 0 Å². The number of H-pyrrole nitrogens is 1. The SMILES string of the molecule is Cc1ncccc1OC1CCC(NC(=O)Cc2[nH]nc3ccccc23)CC1. The summed E-state index contributed by atoms with van der Waals surface area (Å²) >= 11 is 0. The van der Waals surface area contributed by atoms with Crippen LogP contribution in [-0.4, -0.2) is 33.2 Å². The number of ether oxygens (including phenoxy) is 1. The second-order valence-electron chi connectivity index (χ2n) is 7.14. The van der Waals surface area contributed by atoms with Gasteiger partial charge in [-0.3, -0.25) is 14.9 Å². The molecule has 0 unspecified atom stereocenters. The number of aromatic nitrogens is 3. The molecule has 2 N–H and O–H groups in total. The van der Waals surface area contributed by atoms with Gasteiger partial charge in [0.1, 0.15) is 5.75 Å². The molecule has 0 bridgehead atoms. The fourth-order valence-corrected chi connectivity index (χ4v) is 3.69. The average molecular weight is 364 g/mol. The fourth-order valence-electron chi connectivity index (χ4n) is 3.69. The zero-order valence-electron chi connectivity index (χ0n) is 15.4. The van der Waals surface area contributed by atoms with Crippen molar-refractivity contribution in [1.82, 2.24) is 20.5 Å². The highest BCUT2D eigenvalue weighted by Crippen LogP contribution is 2.25. The molecule has 4 rings (SSSR count). The normalized spacial score (nSPS) is 19.7. The number of carbonyl (C=O) groups is 1. The minimum atomic E-state index is 0.0388. The minimum absolute atomic E-state index is 0.0388. The molecule has 1 amide bonds. The summed E-state index contributed by atoms with van der Waals surface area (Å²) in [6.45, 7) is 1.96. The molecule has 1 aliphatic rings. The Hall–Kier alpha value is -2.89. The van der Waals surface area contributed by atoms with E-state index in [-0.39, 0.29) is 18.1 Å². The van der Waals surface area contributed by atoms with Crippen LogP contribution in [0.4, 0.5) is 0 Å². The van der Waals surface area contributed by atoms with Gasteiger partial charge in [-0.2, -0.15) is 5.10 Å². The van der Waals surface area contributed by atoms with E-state index in [1.54, 1.807) is 6.20 Å². The molecule has 3 aromatic rings. The number of hydrogen-bond donors (Lipinski definition) is 2. The van der Waals surface area contributed by atoms with Crippen molar-refractivity contribution in [2.45, 2.75) is 51.2 Å². The van der Waals surface area contributed by atoms with E-state index < -0.39 is 0 Å². The first kappa shape index (κ1) is 17.5. The van der Waals surface area contributed by atoms with Gasteiger partial charge in [-0.05, 0) is 50.8 Å². The number of para-hydroxylation sites is 1. The van der Waals surface area contributed by atoms with E-state index in [0.717, 1.165) is 53.7 Å². The summed E-state index contributed by atoms with van der Waals surface area (Å²) in [5.41, 5.74) is 2.68. The van der Waals surface area contributed by atoms with Crippen LogP contribution in [0.25, 0.3) is 10.9 Å². The van der Waals surface area contributed by atoms with Crippen molar-refractivity contribution in [3.8, 4) is 5.75 Å². The van der Waals surface area contributed by atoms with Crippen molar-refractivity contribution in [1.29, 1.82) is 0 Å². The first-order valence-corrected chi connectivity index (χ1v) is 9.48. The van der Waals surface area contributed by atoms with Crippen molar-refractivity contribution in [3.05, 3.63) is 54.0 Å². The zero-order valence-corrected chi connectivity index (χ0v) is 15.4. The summed E-state index contributed by atoms with van der Waals surface area (Å²) in [7, 11) is 0. The monoisotopic (exact) mass is 364 g/mol. The van der Waals surface area contributed by atoms with Crippen LogP contribution in [0.2, 0.25) is 0 Å². The van der Waals surface area contributed by atoms with Crippen LogP contribution in [0.5, 0.6) is 5.75 Å². The standard InChI is InChI=1S/C21H24N4O2/c1-14-20(7-4-12-22-14)27-16-10-8-15(9-11-16)23-21(26)13-19-17-5-2-3-6-18(17)24-25-19/h2-7,12,15-16H,8-11,13H2,1H3,(H,23,26)(H,24,25). The van der Waals surface area contributed by atoms with Crippen molar-refractivity contribution >= 4 is 16.8 Å². The van der Waals surface area contributed by atoms with Gasteiger partial charge in [0.2, 0.25) is 5.91 Å². The highest BCUT2D eigenvalue weighted by Gasteiger charge is 2.24. The van der Waals surface area contributed by atoms with E-state index in [2.05, 4.69) is 20.5 Å². The van der Waals surface area contributed by atoms with E-state index in [0.29, 0.717) is 6.42 Å². The lowest BCUT2D eigenvalue weighted by molar-refractivity contribution is -0.121. The molecule has 6 heteroatoms. The predicted molar refractivity (Wildman–Crippen MR) is 104 cm³/mol. The fraction of sp³-hybridized carbons (Fsp3) is 0.381. The highest BCUT2D eigenvalue weighted by molar-refractivity contribution is 5.87. The van der Waals surface area contributed by atoms with Crippen LogP contribution in [0.3, 0.4) is 0 Å². The third kappa shape index (κ3) is 4.10. The van der Waals surface area contributed by atoms with Gasteiger partial charge in [0, 0.05) is 17.6 Å². The Labute approximate surface area is 158 Å².